The second kappa shape index (κ2) is 24.2. The normalized spacial score (nSPS) is 15.8. The van der Waals surface area contributed by atoms with Gasteiger partial charge in [-0.1, -0.05) is 80.9 Å². The molecule has 280 valence electrons. The Kier molecular flexibility index (Phi) is 20.8. The number of carbonyl (C=O) groups excluding carboxylic acids is 3. The highest BCUT2D eigenvalue weighted by Gasteiger charge is 2.30. The van der Waals surface area contributed by atoms with Gasteiger partial charge in [0.05, 0.1) is 6.04 Å². The molecule has 1 heterocycles. The number of nitrogens with zero attached hydrogens (tertiary/aromatic N) is 1. The third-order valence-corrected chi connectivity index (χ3v) is 9.17. The molecule has 1 fully saturated rings. The van der Waals surface area contributed by atoms with Crippen molar-refractivity contribution in [1.29, 1.82) is 0 Å². The van der Waals surface area contributed by atoms with Crippen LogP contribution in [0.2, 0.25) is 0 Å². The van der Waals surface area contributed by atoms with Crippen LogP contribution in [0.4, 0.5) is 0 Å². The van der Waals surface area contributed by atoms with Crippen molar-refractivity contribution < 1.29 is 14.4 Å². The number of nitrogens with two attached hydrogens (primary N) is 2. The van der Waals surface area contributed by atoms with Gasteiger partial charge in [-0.25, -0.2) is 0 Å². The van der Waals surface area contributed by atoms with Gasteiger partial charge in [-0.2, -0.15) is 0 Å². The van der Waals surface area contributed by atoms with Gasteiger partial charge in [-0.15, -0.1) is 12.4 Å². The standard InChI is InChI=1S/C38H62N8O3.ClH/c1-28(2)22-33(43-26-34(24-30-14-8-5-9-15-30)42-25-31(40)23-29-12-6-4-7-13-29)27-44-35(16-10-11-19-39)38(49)46-20-17-32(18-21-46)45-37(48)36(47)41-3;/h4-9,12-15,28,31-35,42-44H,10-11,16-27,39-40H2,1-3H3,(H,41,47)(H,45,48);1H/t31-,33-,34-,35-;/m1./s1. The van der Waals surface area contributed by atoms with Gasteiger partial charge in [-0.05, 0) is 68.5 Å². The fourth-order valence-corrected chi connectivity index (χ4v) is 6.46. The van der Waals surface area contributed by atoms with Crippen LogP contribution in [0.1, 0.15) is 63.5 Å². The second-order valence-corrected chi connectivity index (χ2v) is 13.9. The Hall–Kier alpha value is -3.06. The lowest BCUT2D eigenvalue weighted by atomic mass is 10.00. The zero-order valence-electron chi connectivity index (χ0n) is 30.4. The van der Waals surface area contributed by atoms with Gasteiger partial charge in [0.1, 0.15) is 0 Å². The number of hydrogen-bond acceptors (Lipinski definition) is 8. The number of nitrogens with one attached hydrogen (secondary N) is 5. The molecule has 0 saturated carbocycles. The molecule has 1 aliphatic heterocycles. The van der Waals surface area contributed by atoms with Crippen LogP contribution in [0.15, 0.2) is 60.7 Å². The topological polar surface area (TPSA) is 167 Å². The van der Waals surface area contributed by atoms with Gasteiger partial charge in [-0.3, -0.25) is 14.4 Å². The molecular formula is C38H63ClN8O3. The minimum Gasteiger partial charge on any atom is -0.351 e. The molecule has 11 nitrogen and oxygen atoms in total. The highest BCUT2D eigenvalue weighted by molar-refractivity contribution is 6.35. The first-order chi connectivity index (χ1) is 23.7. The molecule has 9 N–H and O–H groups in total. The zero-order chi connectivity index (χ0) is 35.4. The SMILES string of the molecule is CNC(=O)C(=O)NC1CCN(C(=O)[C@@H](CCCCN)NC[C@@H](CC(C)C)NC[C@@H](Cc2ccccc2)NC[C@H](N)Cc2ccccc2)CC1.Cl. The van der Waals surface area contributed by atoms with Gasteiger partial charge in [0.2, 0.25) is 5.91 Å². The Labute approximate surface area is 306 Å². The van der Waals surface area contributed by atoms with Crippen molar-refractivity contribution in [3.8, 4) is 0 Å². The first-order valence-corrected chi connectivity index (χ1v) is 18.2. The smallest absolute Gasteiger partial charge is 0.309 e. The Morgan fingerprint density at radius 1 is 0.800 bits per heavy atom. The predicted octanol–water partition coefficient (Wildman–Crippen LogP) is 2.12. The summed E-state index contributed by atoms with van der Waals surface area (Å²) in [6.45, 7) is 8.29. The molecular weight excluding hydrogens is 652 g/mol. The summed E-state index contributed by atoms with van der Waals surface area (Å²) in [6, 6.07) is 20.9. The summed E-state index contributed by atoms with van der Waals surface area (Å²) in [5, 5.41) is 16.4. The van der Waals surface area contributed by atoms with Crippen LogP contribution in [0.3, 0.4) is 0 Å². The van der Waals surface area contributed by atoms with Crippen molar-refractivity contribution in [2.45, 2.75) is 95.4 Å². The third kappa shape index (κ3) is 16.3. The lowest BCUT2D eigenvalue weighted by molar-refractivity contribution is -0.140. The molecule has 0 spiro atoms. The van der Waals surface area contributed by atoms with E-state index >= 15 is 0 Å². The number of benzene rings is 2. The van der Waals surface area contributed by atoms with Crippen LogP contribution in [0.25, 0.3) is 0 Å². The van der Waals surface area contributed by atoms with E-state index in [1.54, 1.807) is 0 Å². The number of likely N-dealkylation sites (N-methyl/N-ethyl adjacent to an activating group) is 1. The van der Waals surface area contributed by atoms with E-state index in [1.807, 2.05) is 17.0 Å². The molecule has 0 radical (unpaired) electrons. The van der Waals surface area contributed by atoms with Crippen LogP contribution in [0, 0.1) is 5.92 Å². The molecule has 1 aliphatic rings. The molecule has 12 heteroatoms. The molecule has 3 amide bonds. The molecule has 2 aromatic rings. The number of rotatable bonds is 21. The van der Waals surface area contributed by atoms with Gasteiger partial charge < -0.3 is 43.0 Å². The van der Waals surface area contributed by atoms with E-state index in [1.165, 1.54) is 18.2 Å². The Balaban J connectivity index is 0.00000867. The summed E-state index contributed by atoms with van der Waals surface area (Å²) in [4.78, 5) is 39.3. The summed E-state index contributed by atoms with van der Waals surface area (Å²) >= 11 is 0. The molecule has 1 saturated heterocycles. The maximum Gasteiger partial charge on any atom is 0.309 e. The Morgan fingerprint density at radius 3 is 1.96 bits per heavy atom. The minimum absolute atomic E-state index is 0. The minimum atomic E-state index is -0.652. The molecule has 0 unspecified atom stereocenters. The van der Waals surface area contributed by atoms with Crippen molar-refractivity contribution in [1.82, 2.24) is 31.5 Å². The number of carbonyl (C=O) groups is 3. The van der Waals surface area contributed by atoms with Crippen LogP contribution in [-0.4, -0.2) is 99.1 Å². The summed E-state index contributed by atoms with van der Waals surface area (Å²) in [7, 11) is 1.44. The van der Waals surface area contributed by atoms with Crippen molar-refractivity contribution in [3.63, 3.8) is 0 Å². The van der Waals surface area contributed by atoms with Crippen molar-refractivity contribution in [3.05, 3.63) is 71.8 Å². The lowest BCUT2D eigenvalue weighted by Gasteiger charge is -2.35. The fourth-order valence-electron chi connectivity index (χ4n) is 6.46. The molecule has 0 aliphatic carbocycles. The highest BCUT2D eigenvalue weighted by Crippen LogP contribution is 2.15. The maximum absolute atomic E-state index is 13.8. The predicted molar refractivity (Wildman–Crippen MR) is 205 cm³/mol. The van der Waals surface area contributed by atoms with Crippen LogP contribution < -0.4 is 38.1 Å². The number of halogens is 1. The Morgan fingerprint density at radius 2 is 1.38 bits per heavy atom. The summed E-state index contributed by atoms with van der Waals surface area (Å²) in [5.74, 6) is -0.712. The first kappa shape index (κ1) is 43.1. The van der Waals surface area contributed by atoms with Crippen LogP contribution >= 0.6 is 12.4 Å². The number of likely N-dealkylation sites (tertiary alicyclic amines) is 1. The van der Waals surface area contributed by atoms with Gasteiger partial charge in [0.25, 0.3) is 0 Å². The fraction of sp³-hybridized carbons (Fsp3) is 0.605. The van der Waals surface area contributed by atoms with E-state index in [4.69, 9.17) is 11.5 Å². The molecule has 4 atom stereocenters. The number of piperidine rings is 1. The number of unbranched alkanes of at least 4 members (excludes halogenated alkanes) is 1. The highest BCUT2D eigenvalue weighted by atomic mass is 35.5. The van der Waals surface area contributed by atoms with E-state index in [0.717, 1.165) is 45.1 Å². The van der Waals surface area contributed by atoms with Crippen molar-refractivity contribution >= 4 is 30.1 Å². The molecule has 50 heavy (non-hydrogen) atoms. The molecule has 2 aromatic carbocycles. The monoisotopic (exact) mass is 714 g/mol. The second-order valence-electron chi connectivity index (χ2n) is 13.9. The van der Waals surface area contributed by atoms with Crippen LogP contribution in [-0.2, 0) is 27.2 Å². The average molecular weight is 715 g/mol. The quantitative estimate of drug-likeness (QED) is 0.0763. The van der Waals surface area contributed by atoms with Gasteiger partial charge >= 0.3 is 11.8 Å². The van der Waals surface area contributed by atoms with E-state index in [-0.39, 0.29) is 48.5 Å². The van der Waals surface area contributed by atoms with Gasteiger partial charge in [0.15, 0.2) is 0 Å². The zero-order valence-corrected chi connectivity index (χ0v) is 31.2. The number of hydrogen-bond donors (Lipinski definition) is 7. The Bertz CT molecular complexity index is 1230. The van der Waals surface area contributed by atoms with E-state index < -0.39 is 11.8 Å². The maximum atomic E-state index is 13.8. The molecule has 0 aromatic heterocycles. The largest absolute Gasteiger partial charge is 0.351 e. The van der Waals surface area contributed by atoms with Gasteiger partial charge in [0, 0.05) is 63.9 Å². The van der Waals surface area contributed by atoms with Crippen molar-refractivity contribution in [2.75, 3.05) is 46.3 Å². The average Bonchev–Trinajstić information content (AvgIpc) is 3.10. The number of amides is 3. The van der Waals surface area contributed by atoms with Crippen LogP contribution in [0.5, 0.6) is 0 Å². The van der Waals surface area contributed by atoms with Crippen molar-refractivity contribution in [2.24, 2.45) is 17.4 Å². The first-order valence-electron chi connectivity index (χ1n) is 18.2. The summed E-state index contributed by atoms with van der Waals surface area (Å²) in [5.41, 5.74) is 14.9. The molecule has 0 bridgehead atoms. The third-order valence-electron chi connectivity index (χ3n) is 9.17. The van der Waals surface area contributed by atoms with E-state index in [9.17, 15) is 14.4 Å². The van der Waals surface area contributed by atoms with E-state index in [0.29, 0.717) is 51.5 Å². The summed E-state index contributed by atoms with van der Waals surface area (Å²) in [6.07, 6.45) is 6.36. The lowest BCUT2D eigenvalue weighted by Crippen LogP contribution is -2.55. The molecule has 3 rings (SSSR count). The summed E-state index contributed by atoms with van der Waals surface area (Å²) < 4.78 is 0. The van der Waals surface area contributed by atoms with E-state index in [2.05, 4.69) is 89.0 Å².